The molecule has 0 spiro atoms. The Hall–Kier alpha value is -0.0800. The predicted octanol–water partition coefficient (Wildman–Crippen LogP) is 0.0729. The van der Waals surface area contributed by atoms with Crippen LogP contribution in [-0.2, 0) is 0 Å². The summed E-state index contributed by atoms with van der Waals surface area (Å²) < 4.78 is 0. The topological polar surface area (TPSA) is 23.5 Å². The molecule has 2 rings (SSSR count). The highest BCUT2D eigenvalue weighted by Gasteiger charge is 2.33. The Labute approximate surface area is 55.5 Å². The lowest BCUT2D eigenvalue weighted by molar-refractivity contribution is 0.144. The third-order valence-electron chi connectivity index (χ3n) is 2.53. The molecule has 2 fully saturated rings. The zero-order valence-electron chi connectivity index (χ0n) is 5.58. The maximum absolute atomic E-state index is 9.36. The van der Waals surface area contributed by atoms with E-state index in [1.54, 1.807) is 0 Å². The number of aliphatic hydroxyl groups excluding tert-OH is 1. The number of hydrogen-bond acceptors (Lipinski definition) is 2. The van der Waals surface area contributed by atoms with Crippen LogP contribution in [0.5, 0.6) is 0 Å². The van der Waals surface area contributed by atoms with Gasteiger partial charge in [-0.15, -0.1) is 0 Å². The highest BCUT2D eigenvalue weighted by Crippen LogP contribution is 2.26. The van der Waals surface area contributed by atoms with Gasteiger partial charge in [-0.1, -0.05) is 0 Å². The number of nitrogens with zero attached hydrogens (tertiary/aromatic N) is 1. The lowest BCUT2D eigenvalue weighted by Gasteiger charge is -2.20. The first kappa shape index (κ1) is 5.69. The Morgan fingerprint density at radius 1 is 1.33 bits per heavy atom. The molecule has 2 heterocycles. The number of hydrogen-bond donors (Lipinski definition) is 1. The van der Waals surface area contributed by atoms with E-state index in [-0.39, 0.29) is 6.10 Å². The fraction of sp³-hybridized carbons (Fsp3) is 1.00. The van der Waals surface area contributed by atoms with Crippen molar-refractivity contribution >= 4 is 0 Å². The standard InChI is InChI=1S/C7H13NO/c9-7-5-8-3-1-2-6(7)4-8/h6-7,9H,1-5H2/t6-,7-/m0/s1. The van der Waals surface area contributed by atoms with Crippen molar-refractivity contribution < 1.29 is 5.11 Å². The van der Waals surface area contributed by atoms with Gasteiger partial charge < -0.3 is 10.0 Å². The van der Waals surface area contributed by atoms with Crippen LogP contribution in [0.25, 0.3) is 0 Å². The van der Waals surface area contributed by atoms with Gasteiger partial charge in [0.15, 0.2) is 0 Å². The molecule has 0 aromatic rings. The minimum absolute atomic E-state index is 0.00694. The normalized spacial score (nSPS) is 49.7. The third kappa shape index (κ3) is 0.864. The van der Waals surface area contributed by atoms with Crippen molar-refractivity contribution in [3.63, 3.8) is 0 Å². The van der Waals surface area contributed by atoms with Gasteiger partial charge in [0.1, 0.15) is 0 Å². The largest absolute Gasteiger partial charge is 0.391 e. The predicted molar refractivity (Wildman–Crippen MR) is 35.2 cm³/mol. The second-order valence-electron chi connectivity index (χ2n) is 3.23. The van der Waals surface area contributed by atoms with Crippen molar-refractivity contribution in [1.82, 2.24) is 4.90 Å². The molecular formula is C7H13NO. The quantitative estimate of drug-likeness (QED) is 0.498. The molecule has 0 aliphatic carbocycles. The van der Waals surface area contributed by atoms with Crippen molar-refractivity contribution in [2.75, 3.05) is 19.6 Å². The fourth-order valence-corrected chi connectivity index (χ4v) is 1.98. The average Bonchev–Trinajstić information content (AvgIpc) is 2.09. The summed E-state index contributed by atoms with van der Waals surface area (Å²) in [5.41, 5.74) is 0. The van der Waals surface area contributed by atoms with Gasteiger partial charge in [-0.25, -0.2) is 0 Å². The molecule has 2 bridgehead atoms. The van der Waals surface area contributed by atoms with Crippen LogP contribution in [-0.4, -0.2) is 35.7 Å². The second kappa shape index (κ2) is 1.96. The monoisotopic (exact) mass is 127 g/mol. The van der Waals surface area contributed by atoms with Crippen LogP contribution >= 0.6 is 0 Å². The summed E-state index contributed by atoms with van der Waals surface area (Å²) >= 11 is 0. The minimum atomic E-state index is -0.00694. The van der Waals surface area contributed by atoms with E-state index in [0.717, 1.165) is 13.1 Å². The van der Waals surface area contributed by atoms with Gasteiger partial charge >= 0.3 is 0 Å². The Morgan fingerprint density at radius 2 is 2.22 bits per heavy atom. The van der Waals surface area contributed by atoms with Crippen LogP contribution in [0.15, 0.2) is 0 Å². The van der Waals surface area contributed by atoms with Gasteiger partial charge in [0.05, 0.1) is 6.10 Å². The van der Waals surface area contributed by atoms with Crippen LogP contribution in [0.2, 0.25) is 0 Å². The molecule has 0 aromatic carbocycles. The molecule has 0 radical (unpaired) electrons. The van der Waals surface area contributed by atoms with Crippen LogP contribution in [0.1, 0.15) is 12.8 Å². The van der Waals surface area contributed by atoms with E-state index in [4.69, 9.17) is 0 Å². The molecule has 2 aliphatic rings. The summed E-state index contributed by atoms with van der Waals surface area (Å²) in [6.45, 7) is 3.30. The molecule has 0 saturated carbocycles. The minimum Gasteiger partial charge on any atom is -0.391 e. The summed E-state index contributed by atoms with van der Waals surface area (Å²) in [5.74, 6) is 0.610. The van der Waals surface area contributed by atoms with Gasteiger partial charge in [-0.2, -0.15) is 0 Å². The van der Waals surface area contributed by atoms with Gasteiger partial charge in [-0.05, 0) is 25.3 Å². The van der Waals surface area contributed by atoms with Gasteiger partial charge in [0, 0.05) is 13.1 Å². The first-order valence-electron chi connectivity index (χ1n) is 3.76. The maximum atomic E-state index is 9.36. The zero-order valence-corrected chi connectivity index (χ0v) is 5.58. The molecule has 2 nitrogen and oxygen atoms in total. The van der Waals surface area contributed by atoms with Gasteiger partial charge in [0.25, 0.3) is 0 Å². The zero-order chi connectivity index (χ0) is 6.27. The number of piperidine rings is 1. The number of aliphatic hydroxyl groups is 1. The molecular weight excluding hydrogens is 114 g/mol. The summed E-state index contributed by atoms with van der Waals surface area (Å²) in [4.78, 5) is 2.36. The smallest absolute Gasteiger partial charge is 0.0707 e. The Bertz CT molecular complexity index is 113. The van der Waals surface area contributed by atoms with E-state index in [0.29, 0.717) is 5.92 Å². The van der Waals surface area contributed by atoms with Gasteiger partial charge in [-0.3, -0.25) is 0 Å². The maximum Gasteiger partial charge on any atom is 0.0707 e. The van der Waals surface area contributed by atoms with E-state index in [9.17, 15) is 5.11 Å². The second-order valence-corrected chi connectivity index (χ2v) is 3.23. The fourth-order valence-electron chi connectivity index (χ4n) is 1.98. The Kier molecular flexibility index (Phi) is 1.24. The Morgan fingerprint density at radius 3 is 2.89 bits per heavy atom. The Balaban J connectivity index is 2.07. The molecule has 52 valence electrons. The third-order valence-corrected chi connectivity index (χ3v) is 2.53. The first-order chi connectivity index (χ1) is 4.36. The number of fused-ring (bicyclic) bond motifs is 2. The highest BCUT2D eigenvalue weighted by atomic mass is 16.3. The molecule has 9 heavy (non-hydrogen) atoms. The molecule has 1 unspecified atom stereocenters. The molecule has 0 aromatic heterocycles. The molecule has 3 atom stereocenters. The highest BCUT2D eigenvalue weighted by molar-refractivity contribution is 4.87. The van der Waals surface area contributed by atoms with Crippen LogP contribution < -0.4 is 0 Å². The lowest BCUT2D eigenvalue weighted by atomic mass is 9.99. The van der Waals surface area contributed by atoms with E-state index in [2.05, 4.69) is 4.90 Å². The molecule has 2 saturated heterocycles. The lowest BCUT2D eigenvalue weighted by Crippen LogP contribution is -2.25. The van der Waals surface area contributed by atoms with E-state index in [1.165, 1.54) is 19.4 Å². The summed E-state index contributed by atoms with van der Waals surface area (Å²) in [6.07, 6.45) is 2.53. The summed E-state index contributed by atoms with van der Waals surface area (Å²) in [5, 5.41) is 9.36. The average molecular weight is 127 g/mol. The molecule has 2 heteroatoms. The van der Waals surface area contributed by atoms with Crippen molar-refractivity contribution in [2.45, 2.75) is 18.9 Å². The first-order valence-corrected chi connectivity index (χ1v) is 3.76. The van der Waals surface area contributed by atoms with Gasteiger partial charge in [0.2, 0.25) is 0 Å². The van der Waals surface area contributed by atoms with E-state index in [1.807, 2.05) is 0 Å². The van der Waals surface area contributed by atoms with E-state index >= 15 is 0 Å². The van der Waals surface area contributed by atoms with Crippen molar-refractivity contribution in [1.29, 1.82) is 0 Å². The number of rotatable bonds is 0. The van der Waals surface area contributed by atoms with E-state index < -0.39 is 0 Å². The van der Waals surface area contributed by atoms with Crippen LogP contribution in [0, 0.1) is 5.92 Å². The van der Waals surface area contributed by atoms with Crippen molar-refractivity contribution in [3.8, 4) is 0 Å². The molecule has 1 N–H and O–H groups in total. The molecule has 2 aliphatic heterocycles. The summed E-state index contributed by atoms with van der Waals surface area (Å²) in [6, 6.07) is 0. The SMILES string of the molecule is O[C@H]1CN2CCC[C@H]1C2. The van der Waals surface area contributed by atoms with Crippen molar-refractivity contribution in [2.24, 2.45) is 5.92 Å². The van der Waals surface area contributed by atoms with Crippen molar-refractivity contribution in [3.05, 3.63) is 0 Å². The van der Waals surface area contributed by atoms with Crippen LogP contribution in [0.4, 0.5) is 0 Å². The van der Waals surface area contributed by atoms with Crippen LogP contribution in [0.3, 0.4) is 0 Å². The summed E-state index contributed by atoms with van der Waals surface area (Å²) in [7, 11) is 0. The molecule has 0 amide bonds.